The Morgan fingerprint density at radius 2 is 1.72 bits per heavy atom. The van der Waals surface area contributed by atoms with Gasteiger partial charge in [0.15, 0.2) is 0 Å². The molecule has 0 unspecified atom stereocenters. The predicted octanol–water partition coefficient (Wildman–Crippen LogP) is 4.53. The molecule has 130 valence electrons. The summed E-state index contributed by atoms with van der Waals surface area (Å²) in [5.41, 5.74) is 2.44. The third kappa shape index (κ3) is 3.35. The number of hydrogen-bond acceptors (Lipinski definition) is 2. The summed E-state index contributed by atoms with van der Waals surface area (Å²) < 4.78 is 40.0. The van der Waals surface area contributed by atoms with Crippen molar-refractivity contribution >= 4 is 17.2 Å². The van der Waals surface area contributed by atoms with Gasteiger partial charge in [-0.05, 0) is 56.2 Å². The number of carbonyl (C=O) groups is 1. The Balaban J connectivity index is 2.04. The third-order valence-corrected chi connectivity index (χ3v) is 3.81. The average Bonchev–Trinajstić information content (AvgIpc) is 2.79. The van der Waals surface area contributed by atoms with Gasteiger partial charge < -0.3 is 5.32 Å². The first-order chi connectivity index (χ1) is 11.6. The second-order valence-electron chi connectivity index (χ2n) is 6.02. The fraction of sp³-hybridized carbons (Fsp3) is 0.222. The molecule has 4 nitrogen and oxygen atoms in total. The number of fused-ring (bicyclic) bond motifs is 1. The quantitative estimate of drug-likeness (QED) is 0.740. The minimum atomic E-state index is -4.49. The van der Waals surface area contributed by atoms with E-state index >= 15 is 0 Å². The minimum absolute atomic E-state index is 0.0836. The van der Waals surface area contributed by atoms with Gasteiger partial charge in [0.25, 0.3) is 5.91 Å². The summed E-state index contributed by atoms with van der Waals surface area (Å²) in [6.07, 6.45) is -3.60. The average molecular weight is 347 g/mol. The number of pyridine rings is 1. The molecule has 0 aliphatic rings. The highest BCUT2D eigenvalue weighted by Crippen LogP contribution is 2.30. The van der Waals surface area contributed by atoms with Crippen molar-refractivity contribution in [1.82, 2.24) is 9.38 Å². The van der Waals surface area contributed by atoms with Crippen molar-refractivity contribution in [1.29, 1.82) is 0 Å². The van der Waals surface area contributed by atoms with E-state index in [-0.39, 0.29) is 11.3 Å². The predicted molar refractivity (Wildman–Crippen MR) is 88.8 cm³/mol. The number of nitrogens with zero attached hydrogens (tertiary/aromatic N) is 2. The summed E-state index contributed by atoms with van der Waals surface area (Å²) in [5.74, 6) is -0.505. The van der Waals surface area contributed by atoms with Gasteiger partial charge in [0.2, 0.25) is 0 Å². The molecule has 0 aliphatic carbocycles. The first-order valence-electron chi connectivity index (χ1n) is 7.61. The summed E-state index contributed by atoms with van der Waals surface area (Å²) in [4.78, 5) is 16.8. The van der Waals surface area contributed by atoms with Gasteiger partial charge in [0.1, 0.15) is 11.3 Å². The number of alkyl halides is 3. The van der Waals surface area contributed by atoms with Crippen LogP contribution in [-0.4, -0.2) is 15.3 Å². The lowest BCUT2D eigenvalue weighted by Gasteiger charge is -2.10. The van der Waals surface area contributed by atoms with E-state index in [1.54, 1.807) is 19.1 Å². The minimum Gasteiger partial charge on any atom is -0.321 e. The van der Waals surface area contributed by atoms with Crippen LogP contribution in [0.15, 0.2) is 36.5 Å². The van der Waals surface area contributed by atoms with Crippen LogP contribution in [0.4, 0.5) is 18.9 Å². The van der Waals surface area contributed by atoms with E-state index < -0.39 is 17.6 Å². The number of rotatable bonds is 2. The molecule has 0 aliphatic heterocycles. The number of nitrogens with one attached hydrogen (secondary N) is 1. The lowest BCUT2D eigenvalue weighted by Crippen LogP contribution is -2.16. The van der Waals surface area contributed by atoms with Crippen LogP contribution in [-0.2, 0) is 6.18 Å². The molecule has 2 aromatic heterocycles. The number of carbonyl (C=O) groups excluding carboxylic acids is 1. The number of imidazole rings is 1. The van der Waals surface area contributed by atoms with Gasteiger partial charge in [0.05, 0.1) is 11.3 Å². The SMILES string of the molecule is Cc1cc(C)cc(NC(=O)c2c(C)nc3ccc(C(F)(F)F)cn23)c1. The Hall–Kier alpha value is -2.83. The van der Waals surface area contributed by atoms with E-state index in [0.717, 1.165) is 23.4 Å². The zero-order chi connectivity index (χ0) is 18.4. The zero-order valence-corrected chi connectivity index (χ0v) is 13.9. The van der Waals surface area contributed by atoms with Crippen molar-refractivity contribution in [3.05, 3.63) is 64.6 Å². The van der Waals surface area contributed by atoms with Crippen molar-refractivity contribution in [3.63, 3.8) is 0 Å². The molecule has 0 radical (unpaired) electrons. The maximum atomic E-state index is 13.0. The first kappa shape index (κ1) is 17.0. The third-order valence-electron chi connectivity index (χ3n) is 3.81. The van der Waals surface area contributed by atoms with Crippen molar-refractivity contribution in [2.45, 2.75) is 26.9 Å². The second-order valence-corrected chi connectivity index (χ2v) is 6.02. The van der Waals surface area contributed by atoms with Gasteiger partial charge >= 0.3 is 6.18 Å². The van der Waals surface area contributed by atoms with E-state index in [9.17, 15) is 18.0 Å². The number of aryl methyl sites for hydroxylation is 3. The molecule has 1 amide bonds. The fourth-order valence-electron chi connectivity index (χ4n) is 2.84. The summed E-state index contributed by atoms with van der Waals surface area (Å²) in [5, 5.41) is 2.74. The van der Waals surface area contributed by atoms with Gasteiger partial charge in [-0.1, -0.05) is 6.07 Å². The topological polar surface area (TPSA) is 46.4 Å². The van der Waals surface area contributed by atoms with Crippen LogP contribution in [0, 0.1) is 20.8 Å². The normalized spacial score (nSPS) is 11.8. The van der Waals surface area contributed by atoms with Crippen LogP contribution < -0.4 is 5.32 Å². The molecule has 0 atom stereocenters. The monoisotopic (exact) mass is 347 g/mol. The van der Waals surface area contributed by atoms with E-state index in [4.69, 9.17) is 0 Å². The standard InChI is InChI=1S/C18H16F3N3O/c1-10-6-11(2)8-14(7-10)23-17(25)16-12(3)22-15-5-4-13(9-24(15)16)18(19,20)21/h4-9H,1-3H3,(H,23,25). The maximum absolute atomic E-state index is 13.0. The van der Waals surface area contributed by atoms with Gasteiger partial charge in [-0.2, -0.15) is 13.2 Å². The zero-order valence-electron chi connectivity index (χ0n) is 13.9. The Morgan fingerprint density at radius 3 is 2.32 bits per heavy atom. The largest absolute Gasteiger partial charge is 0.417 e. The molecular weight excluding hydrogens is 331 g/mol. The molecule has 3 aromatic rings. The van der Waals surface area contributed by atoms with Crippen LogP contribution in [0.3, 0.4) is 0 Å². The second kappa shape index (κ2) is 5.91. The lowest BCUT2D eigenvalue weighted by atomic mass is 10.1. The molecule has 7 heteroatoms. The highest BCUT2D eigenvalue weighted by Gasteiger charge is 2.31. The molecule has 0 saturated heterocycles. The van der Waals surface area contributed by atoms with Crippen LogP contribution in [0.2, 0.25) is 0 Å². The smallest absolute Gasteiger partial charge is 0.321 e. The number of hydrogen-bond donors (Lipinski definition) is 1. The Kier molecular flexibility index (Phi) is 4.02. The van der Waals surface area contributed by atoms with E-state index in [2.05, 4.69) is 10.3 Å². The van der Waals surface area contributed by atoms with Gasteiger partial charge in [0, 0.05) is 11.9 Å². The highest BCUT2D eigenvalue weighted by molar-refractivity contribution is 6.04. The van der Waals surface area contributed by atoms with Crippen LogP contribution in [0.5, 0.6) is 0 Å². The molecule has 3 rings (SSSR count). The van der Waals surface area contributed by atoms with Gasteiger partial charge in [-0.25, -0.2) is 4.98 Å². The van der Waals surface area contributed by atoms with Crippen LogP contribution in [0.25, 0.3) is 5.65 Å². The van der Waals surface area contributed by atoms with Crippen molar-refractivity contribution < 1.29 is 18.0 Å². The van der Waals surface area contributed by atoms with E-state index in [1.165, 1.54) is 10.5 Å². The van der Waals surface area contributed by atoms with E-state index in [1.807, 2.05) is 19.9 Å². The van der Waals surface area contributed by atoms with Crippen molar-refractivity contribution in [2.24, 2.45) is 0 Å². The molecular formula is C18H16F3N3O. The maximum Gasteiger partial charge on any atom is 0.417 e. The Morgan fingerprint density at radius 1 is 1.08 bits per heavy atom. The number of benzene rings is 1. The Labute approximate surface area is 142 Å². The van der Waals surface area contributed by atoms with Gasteiger partial charge in [-0.15, -0.1) is 0 Å². The molecule has 0 fully saturated rings. The molecule has 2 heterocycles. The lowest BCUT2D eigenvalue weighted by molar-refractivity contribution is -0.137. The number of anilines is 1. The molecule has 1 N–H and O–H groups in total. The van der Waals surface area contributed by atoms with Crippen LogP contribution >= 0.6 is 0 Å². The van der Waals surface area contributed by atoms with Crippen LogP contribution in [0.1, 0.15) is 32.9 Å². The summed E-state index contributed by atoms with van der Waals surface area (Å²) in [6.45, 7) is 5.39. The summed E-state index contributed by atoms with van der Waals surface area (Å²) in [7, 11) is 0. The summed E-state index contributed by atoms with van der Waals surface area (Å²) >= 11 is 0. The highest BCUT2D eigenvalue weighted by atomic mass is 19.4. The number of aromatic nitrogens is 2. The van der Waals surface area contributed by atoms with E-state index in [0.29, 0.717) is 11.4 Å². The number of amides is 1. The number of halogens is 3. The molecule has 0 spiro atoms. The Bertz CT molecular complexity index is 953. The van der Waals surface area contributed by atoms with Crippen molar-refractivity contribution in [2.75, 3.05) is 5.32 Å². The summed E-state index contributed by atoms with van der Waals surface area (Å²) in [6, 6.07) is 7.76. The van der Waals surface area contributed by atoms with Crippen molar-refractivity contribution in [3.8, 4) is 0 Å². The first-order valence-corrected chi connectivity index (χ1v) is 7.61. The molecule has 1 aromatic carbocycles. The fourth-order valence-corrected chi connectivity index (χ4v) is 2.84. The molecule has 0 bridgehead atoms. The molecule has 25 heavy (non-hydrogen) atoms. The van der Waals surface area contributed by atoms with Gasteiger partial charge in [-0.3, -0.25) is 9.20 Å². The molecule has 0 saturated carbocycles.